The maximum absolute atomic E-state index is 12.7. The van der Waals surface area contributed by atoms with E-state index in [9.17, 15) is 18.7 Å². The van der Waals surface area contributed by atoms with Gasteiger partial charge in [0.05, 0.1) is 5.56 Å². The minimum absolute atomic E-state index is 0.0549. The molecule has 18 heavy (non-hydrogen) atoms. The van der Waals surface area contributed by atoms with Gasteiger partial charge in [0.15, 0.2) is 0 Å². The van der Waals surface area contributed by atoms with Crippen molar-refractivity contribution in [3.8, 4) is 5.75 Å². The largest absolute Gasteiger partial charge is 0.507 e. The molecule has 0 bridgehead atoms. The first-order valence-electron chi connectivity index (χ1n) is 5.12. The fourth-order valence-corrected chi connectivity index (χ4v) is 1.43. The summed E-state index contributed by atoms with van der Waals surface area (Å²) in [5.41, 5.74) is 0.325. The van der Waals surface area contributed by atoms with Crippen molar-refractivity contribution in [2.24, 2.45) is 0 Å². The van der Waals surface area contributed by atoms with Crippen molar-refractivity contribution in [2.45, 2.75) is 0 Å². The highest BCUT2D eigenvalue weighted by molar-refractivity contribution is 6.06. The predicted octanol–water partition coefficient (Wildman–Crippen LogP) is 2.92. The molecule has 2 aromatic rings. The van der Waals surface area contributed by atoms with E-state index in [0.29, 0.717) is 5.69 Å². The van der Waals surface area contributed by atoms with Gasteiger partial charge in [-0.25, -0.2) is 8.78 Å². The summed E-state index contributed by atoms with van der Waals surface area (Å²) < 4.78 is 25.4. The minimum atomic E-state index is -0.633. The van der Waals surface area contributed by atoms with Gasteiger partial charge in [0.2, 0.25) is 0 Å². The Morgan fingerprint density at radius 3 is 2.22 bits per heavy atom. The highest BCUT2D eigenvalue weighted by Crippen LogP contribution is 2.19. The lowest BCUT2D eigenvalue weighted by Gasteiger charge is -2.06. The number of hydrogen-bond donors (Lipinski definition) is 2. The predicted molar refractivity (Wildman–Crippen MR) is 62.4 cm³/mol. The van der Waals surface area contributed by atoms with Crippen LogP contribution >= 0.6 is 0 Å². The molecule has 2 N–H and O–H groups in total. The van der Waals surface area contributed by atoms with Crippen LogP contribution in [0.15, 0.2) is 42.5 Å². The zero-order valence-electron chi connectivity index (χ0n) is 9.15. The van der Waals surface area contributed by atoms with Gasteiger partial charge in [-0.1, -0.05) is 0 Å². The van der Waals surface area contributed by atoms with E-state index in [1.807, 2.05) is 0 Å². The summed E-state index contributed by atoms with van der Waals surface area (Å²) in [6.07, 6.45) is 0. The third-order valence-electron chi connectivity index (χ3n) is 2.31. The van der Waals surface area contributed by atoms with Crippen molar-refractivity contribution >= 4 is 11.6 Å². The molecule has 1 amide bonds. The van der Waals surface area contributed by atoms with Crippen LogP contribution in [0.3, 0.4) is 0 Å². The number of halogens is 2. The van der Waals surface area contributed by atoms with Gasteiger partial charge in [-0.3, -0.25) is 4.79 Å². The Bertz CT molecular complexity index is 582. The summed E-state index contributed by atoms with van der Waals surface area (Å²) >= 11 is 0. The molecule has 0 heterocycles. The van der Waals surface area contributed by atoms with Crippen LogP contribution in [0.4, 0.5) is 14.5 Å². The van der Waals surface area contributed by atoms with Gasteiger partial charge in [0.1, 0.15) is 17.4 Å². The lowest BCUT2D eigenvalue weighted by atomic mass is 10.2. The Morgan fingerprint density at radius 1 is 1.00 bits per heavy atom. The number of phenolic OH excluding ortho intramolecular Hbond substituents is 1. The van der Waals surface area contributed by atoms with Gasteiger partial charge in [0.25, 0.3) is 5.91 Å². The average molecular weight is 249 g/mol. The van der Waals surface area contributed by atoms with E-state index in [1.54, 1.807) is 0 Å². The number of rotatable bonds is 2. The maximum atomic E-state index is 12.7. The second kappa shape index (κ2) is 4.83. The normalized spacial score (nSPS) is 10.1. The van der Waals surface area contributed by atoms with Gasteiger partial charge in [0, 0.05) is 11.8 Å². The van der Waals surface area contributed by atoms with Crippen molar-refractivity contribution in [3.05, 3.63) is 59.7 Å². The topological polar surface area (TPSA) is 49.3 Å². The third-order valence-corrected chi connectivity index (χ3v) is 2.31. The molecule has 3 nitrogen and oxygen atoms in total. The number of carbonyl (C=O) groups is 1. The highest BCUT2D eigenvalue weighted by atomic mass is 19.1. The van der Waals surface area contributed by atoms with Crippen LogP contribution < -0.4 is 5.32 Å². The van der Waals surface area contributed by atoms with E-state index < -0.39 is 23.3 Å². The van der Waals surface area contributed by atoms with Crippen LogP contribution in [0.5, 0.6) is 5.75 Å². The Morgan fingerprint density at radius 2 is 1.61 bits per heavy atom. The quantitative estimate of drug-likeness (QED) is 0.859. The fraction of sp³-hybridized carbons (Fsp3) is 0. The summed E-state index contributed by atoms with van der Waals surface area (Å²) in [5.74, 6) is -2.10. The number of benzene rings is 2. The Labute approximate surface area is 102 Å². The molecule has 0 aliphatic heterocycles. The molecular weight excluding hydrogens is 240 g/mol. The van der Waals surface area contributed by atoms with Gasteiger partial charge >= 0.3 is 0 Å². The Hall–Kier alpha value is -2.43. The van der Waals surface area contributed by atoms with E-state index in [1.165, 1.54) is 30.3 Å². The third kappa shape index (κ3) is 2.63. The van der Waals surface area contributed by atoms with Crippen molar-refractivity contribution < 1.29 is 18.7 Å². The summed E-state index contributed by atoms with van der Waals surface area (Å²) in [6, 6.07) is 8.24. The SMILES string of the molecule is O=C(Nc1ccc(F)cc1)c1ccc(F)cc1O. The van der Waals surface area contributed by atoms with E-state index in [0.717, 1.165) is 12.1 Å². The molecule has 0 atom stereocenters. The Kier molecular flexibility index (Phi) is 3.23. The molecule has 0 aliphatic rings. The molecule has 92 valence electrons. The van der Waals surface area contributed by atoms with Gasteiger partial charge < -0.3 is 10.4 Å². The molecule has 0 saturated heterocycles. The summed E-state index contributed by atoms with van der Waals surface area (Å²) in [7, 11) is 0. The van der Waals surface area contributed by atoms with E-state index in [-0.39, 0.29) is 5.56 Å². The van der Waals surface area contributed by atoms with E-state index in [4.69, 9.17) is 0 Å². The molecule has 2 rings (SSSR count). The number of aromatic hydroxyl groups is 1. The molecule has 5 heteroatoms. The first-order chi connectivity index (χ1) is 8.56. The highest BCUT2D eigenvalue weighted by Gasteiger charge is 2.11. The molecule has 2 aromatic carbocycles. The van der Waals surface area contributed by atoms with Crippen LogP contribution in [0.25, 0.3) is 0 Å². The smallest absolute Gasteiger partial charge is 0.259 e. The molecule has 0 spiro atoms. The first kappa shape index (κ1) is 12.0. The zero-order valence-corrected chi connectivity index (χ0v) is 9.15. The average Bonchev–Trinajstić information content (AvgIpc) is 2.32. The number of anilines is 1. The second-order valence-electron chi connectivity index (χ2n) is 3.62. The van der Waals surface area contributed by atoms with Crippen LogP contribution in [-0.2, 0) is 0 Å². The molecule has 0 saturated carbocycles. The molecule has 0 fully saturated rings. The minimum Gasteiger partial charge on any atom is -0.507 e. The van der Waals surface area contributed by atoms with Crippen molar-refractivity contribution in [1.29, 1.82) is 0 Å². The number of amides is 1. The van der Waals surface area contributed by atoms with Crippen LogP contribution in [0, 0.1) is 11.6 Å². The Balaban J connectivity index is 2.19. The standard InChI is InChI=1S/C13H9F2NO2/c14-8-1-4-10(5-2-8)16-13(18)11-6-3-9(15)7-12(11)17/h1-7,17H,(H,16,18). The molecule has 0 aliphatic carbocycles. The van der Waals surface area contributed by atoms with Crippen molar-refractivity contribution in [3.63, 3.8) is 0 Å². The molecule has 0 unspecified atom stereocenters. The number of phenols is 1. The fourth-order valence-electron chi connectivity index (χ4n) is 1.43. The lowest BCUT2D eigenvalue weighted by molar-refractivity contribution is 0.102. The molecule has 0 radical (unpaired) electrons. The number of carbonyl (C=O) groups excluding carboxylic acids is 1. The number of hydrogen-bond acceptors (Lipinski definition) is 2. The zero-order chi connectivity index (χ0) is 13.1. The van der Waals surface area contributed by atoms with Crippen LogP contribution in [0.1, 0.15) is 10.4 Å². The van der Waals surface area contributed by atoms with Crippen LogP contribution in [0.2, 0.25) is 0 Å². The van der Waals surface area contributed by atoms with Gasteiger partial charge in [-0.15, -0.1) is 0 Å². The van der Waals surface area contributed by atoms with E-state index in [2.05, 4.69) is 5.32 Å². The van der Waals surface area contributed by atoms with Gasteiger partial charge in [-0.2, -0.15) is 0 Å². The summed E-state index contributed by atoms with van der Waals surface area (Å²) in [6.45, 7) is 0. The first-order valence-corrected chi connectivity index (χ1v) is 5.12. The summed E-state index contributed by atoms with van der Waals surface area (Å²) in [5, 5.41) is 11.9. The van der Waals surface area contributed by atoms with Crippen LogP contribution in [-0.4, -0.2) is 11.0 Å². The molecule has 0 aromatic heterocycles. The van der Waals surface area contributed by atoms with Gasteiger partial charge in [-0.05, 0) is 36.4 Å². The van der Waals surface area contributed by atoms with E-state index >= 15 is 0 Å². The lowest BCUT2D eigenvalue weighted by Crippen LogP contribution is -2.12. The number of nitrogens with one attached hydrogen (secondary N) is 1. The maximum Gasteiger partial charge on any atom is 0.259 e. The summed E-state index contributed by atoms with van der Waals surface area (Å²) in [4.78, 5) is 11.7. The monoisotopic (exact) mass is 249 g/mol. The second-order valence-corrected chi connectivity index (χ2v) is 3.62. The van der Waals surface area contributed by atoms with Crippen molar-refractivity contribution in [1.82, 2.24) is 0 Å². The van der Waals surface area contributed by atoms with Crippen molar-refractivity contribution in [2.75, 3.05) is 5.32 Å². The molecular formula is C13H9F2NO2.